The van der Waals surface area contributed by atoms with Crippen LogP contribution >= 0.6 is 0 Å². The highest BCUT2D eigenvalue weighted by atomic mass is 32.2. The highest BCUT2D eigenvalue weighted by Gasteiger charge is 2.22. The lowest BCUT2D eigenvalue weighted by molar-refractivity contribution is 0.238. The molecule has 4 N–H and O–H groups in total. The maximum absolute atomic E-state index is 13.3. The van der Waals surface area contributed by atoms with Crippen molar-refractivity contribution in [3.05, 3.63) is 169 Å². The lowest BCUT2D eigenvalue weighted by Crippen LogP contribution is -2.44. The zero-order chi connectivity index (χ0) is 38.4. The van der Waals surface area contributed by atoms with Crippen LogP contribution in [-0.4, -0.2) is 28.9 Å². The minimum Gasteiger partial charge on any atom is -0.379 e. The van der Waals surface area contributed by atoms with Crippen LogP contribution in [0.25, 0.3) is 21.5 Å². The molecule has 0 aliphatic heterocycles. The Labute approximate surface area is 317 Å². The highest BCUT2D eigenvalue weighted by molar-refractivity contribution is 7.87. The Morgan fingerprint density at radius 2 is 0.855 bits per heavy atom. The van der Waals surface area contributed by atoms with Crippen LogP contribution in [0.3, 0.4) is 0 Å². The third kappa shape index (κ3) is 8.67. The van der Waals surface area contributed by atoms with Gasteiger partial charge >= 0.3 is 32.3 Å². The number of urea groups is 2. The fraction of sp³-hybridized carbons (Fsp3) is 0.0244. The van der Waals surface area contributed by atoms with E-state index in [-0.39, 0.29) is 32.7 Å². The van der Waals surface area contributed by atoms with Crippen LogP contribution in [0, 0.1) is 0 Å². The number of amides is 4. The van der Waals surface area contributed by atoms with Crippen molar-refractivity contribution in [3.63, 3.8) is 0 Å². The lowest BCUT2D eigenvalue weighted by atomic mass is 10.1. The highest BCUT2D eigenvalue weighted by Crippen LogP contribution is 2.29. The van der Waals surface area contributed by atoms with Gasteiger partial charge in [-0.25, -0.2) is 9.59 Å². The van der Waals surface area contributed by atoms with Gasteiger partial charge in [0.1, 0.15) is 27.5 Å². The van der Waals surface area contributed by atoms with Gasteiger partial charge in [-0.05, 0) is 52.7 Å². The van der Waals surface area contributed by atoms with Crippen LogP contribution in [0.15, 0.2) is 174 Å². The molecule has 7 aromatic rings. The summed E-state index contributed by atoms with van der Waals surface area (Å²) >= 11 is 0. The number of fused-ring (bicyclic) bond motifs is 2. The van der Waals surface area contributed by atoms with Crippen LogP contribution in [-0.2, 0) is 20.2 Å². The fourth-order valence-corrected chi connectivity index (χ4v) is 8.16. The summed E-state index contributed by atoms with van der Waals surface area (Å²) < 4.78 is 64.0. The van der Waals surface area contributed by atoms with Gasteiger partial charge in [0.25, 0.3) is 0 Å². The van der Waals surface area contributed by atoms with Gasteiger partial charge in [-0.15, -0.1) is 0 Å². The van der Waals surface area contributed by atoms with E-state index in [0.29, 0.717) is 16.3 Å². The summed E-state index contributed by atoms with van der Waals surface area (Å²) in [6.07, 6.45) is -1.04. The van der Waals surface area contributed by atoms with Gasteiger partial charge in [0.15, 0.2) is 0 Å². The Balaban J connectivity index is 1.02. The predicted molar refractivity (Wildman–Crippen MR) is 210 cm³/mol. The van der Waals surface area contributed by atoms with Crippen LogP contribution in [0.2, 0.25) is 0 Å². The summed E-state index contributed by atoms with van der Waals surface area (Å²) in [6.45, 7) is 0. The van der Waals surface area contributed by atoms with Gasteiger partial charge in [-0.3, -0.25) is 0 Å². The smallest absolute Gasteiger partial charge is 0.339 e. The third-order valence-corrected chi connectivity index (χ3v) is 10.9. The van der Waals surface area contributed by atoms with E-state index in [1.807, 2.05) is 12.1 Å². The number of nitrogens with one attached hydrogen (secondary N) is 4. The molecule has 0 atom stereocenters. The molecule has 55 heavy (non-hydrogen) atoms. The van der Waals surface area contributed by atoms with Crippen molar-refractivity contribution in [2.24, 2.45) is 0 Å². The first-order valence-electron chi connectivity index (χ1n) is 16.8. The van der Waals surface area contributed by atoms with Gasteiger partial charge in [-0.2, -0.15) is 16.8 Å². The molecule has 0 heterocycles. The van der Waals surface area contributed by atoms with E-state index in [1.54, 1.807) is 103 Å². The van der Waals surface area contributed by atoms with E-state index >= 15 is 0 Å². The van der Waals surface area contributed by atoms with Crippen molar-refractivity contribution in [3.8, 4) is 11.5 Å². The summed E-state index contributed by atoms with van der Waals surface area (Å²) in [6, 6.07) is 42.8. The van der Waals surface area contributed by atoms with Crippen molar-refractivity contribution in [1.29, 1.82) is 0 Å². The Bertz CT molecular complexity index is 2580. The molecule has 0 aliphatic rings. The minimum atomic E-state index is -4.23. The Morgan fingerprint density at radius 1 is 0.455 bits per heavy atom. The summed E-state index contributed by atoms with van der Waals surface area (Å²) in [5.74, 6) is -0.0575. The molecule has 12 nitrogen and oxygen atoms in total. The van der Waals surface area contributed by atoms with Crippen LogP contribution in [0.5, 0.6) is 11.5 Å². The predicted octanol–water partition coefficient (Wildman–Crippen LogP) is 8.17. The topological polar surface area (TPSA) is 169 Å². The molecule has 0 fully saturated rings. The molecule has 0 spiro atoms. The molecule has 0 saturated carbocycles. The molecule has 7 aromatic carbocycles. The Kier molecular flexibility index (Phi) is 10.3. The molecule has 7 rings (SSSR count). The number of benzene rings is 7. The molecule has 276 valence electrons. The minimum absolute atomic E-state index is 0.00182. The first-order valence-corrected chi connectivity index (χ1v) is 19.6. The summed E-state index contributed by atoms with van der Waals surface area (Å²) in [5.41, 5.74) is 0.966. The average molecular weight is 773 g/mol. The second kappa shape index (κ2) is 15.6. The quantitative estimate of drug-likeness (QED) is 0.0754. The maximum Gasteiger partial charge on any atom is 0.339 e. The summed E-state index contributed by atoms with van der Waals surface area (Å²) in [5, 5.41) is 13.2. The molecule has 0 saturated heterocycles. The van der Waals surface area contributed by atoms with Gasteiger partial charge < -0.3 is 29.6 Å². The third-order valence-electron chi connectivity index (χ3n) is 8.32. The van der Waals surface area contributed by atoms with Gasteiger partial charge in [0.05, 0.1) is 0 Å². The Hall–Kier alpha value is -6.90. The summed E-state index contributed by atoms with van der Waals surface area (Å²) in [7, 11) is -8.47. The van der Waals surface area contributed by atoms with Crippen LogP contribution < -0.4 is 29.6 Å². The standard InChI is InChI=1S/C41H32N4O8S2/c46-40(42-31-18-10-20-33(26-31)52-54(48,49)37-24-8-16-28-12-4-6-22-35(28)37)44-39(30-14-2-1-3-15-30)45-41(47)43-32-19-11-21-34(27-32)53-55(50,51)38-25-9-17-29-13-5-7-23-36(29)38/h1-27,39H,(H2,42,44,46)(H2,43,45,47). The number of rotatable bonds is 11. The van der Waals surface area contributed by atoms with Crippen molar-refractivity contribution >= 4 is 65.2 Å². The number of carbonyl (C=O) groups excluding carboxylic acids is 2. The molecule has 0 aromatic heterocycles. The maximum atomic E-state index is 13.3. The molecule has 0 unspecified atom stereocenters. The lowest BCUT2D eigenvalue weighted by Gasteiger charge is -2.21. The van der Waals surface area contributed by atoms with Crippen LogP contribution in [0.1, 0.15) is 11.7 Å². The van der Waals surface area contributed by atoms with E-state index in [1.165, 1.54) is 48.5 Å². The number of anilines is 2. The molecule has 14 heteroatoms. The molecule has 0 bridgehead atoms. The van der Waals surface area contributed by atoms with Crippen molar-refractivity contribution in [2.75, 3.05) is 10.6 Å². The second-order valence-electron chi connectivity index (χ2n) is 12.1. The van der Waals surface area contributed by atoms with Gasteiger partial charge in [0, 0.05) is 34.3 Å². The number of hydrogen-bond acceptors (Lipinski definition) is 8. The van der Waals surface area contributed by atoms with Gasteiger partial charge in [-0.1, -0.05) is 115 Å². The average Bonchev–Trinajstić information content (AvgIpc) is 3.17. The zero-order valence-corrected chi connectivity index (χ0v) is 30.4. The van der Waals surface area contributed by atoms with E-state index in [9.17, 15) is 26.4 Å². The SMILES string of the molecule is O=C(Nc1cccc(OS(=O)(=O)c2cccc3ccccc23)c1)NC(NC(=O)Nc1cccc(OS(=O)(=O)c2cccc3ccccc23)c1)c1ccccc1. The van der Waals surface area contributed by atoms with Gasteiger partial charge in [0.2, 0.25) is 0 Å². The van der Waals surface area contributed by atoms with Crippen molar-refractivity contribution < 1.29 is 34.8 Å². The van der Waals surface area contributed by atoms with E-state index in [2.05, 4.69) is 21.3 Å². The van der Waals surface area contributed by atoms with Crippen LogP contribution in [0.4, 0.5) is 21.0 Å². The number of carbonyl (C=O) groups is 2. The molecule has 0 aliphatic carbocycles. The summed E-state index contributed by atoms with van der Waals surface area (Å²) in [4.78, 5) is 26.5. The zero-order valence-electron chi connectivity index (χ0n) is 28.7. The van der Waals surface area contributed by atoms with E-state index < -0.39 is 38.5 Å². The number of hydrogen-bond donors (Lipinski definition) is 4. The fourth-order valence-electron chi connectivity index (χ4n) is 5.87. The molecule has 4 amide bonds. The van der Waals surface area contributed by atoms with Crippen molar-refractivity contribution in [1.82, 2.24) is 10.6 Å². The van der Waals surface area contributed by atoms with Crippen molar-refractivity contribution in [2.45, 2.75) is 16.0 Å². The molecular weight excluding hydrogens is 741 g/mol. The molecular formula is C41H32N4O8S2. The second-order valence-corrected chi connectivity index (χ2v) is 15.2. The largest absolute Gasteiger partial charge is 0.379 e. The first kappa shape index (κ1) is 36.5. The van der Waals surface area contributed by atoms with E-state index in [4.69, 9.17) is 8.37 Å². The van der Waals surface area contributed by atoms with E-state index in [0.717, 1.165) is 10.8 Å². The molecule has 0 radical (unpaired) electrons. The first-order chi connectivity index (χ1) is 26.5. The normalized spacial score (nSPS) is 11.5. The Morgan fingerprint density at radius 3 is 1.33 bits per heavy atom. The monoisotopic (exact) mass is 772 g/mol.